The topological polar surface area (TPSA) is 40.7 Å². The highest BCUT2D eigenvalue weighted by Gasteiger charge is 2.21. The highest BCUT2D eigenvalue weighted by molar-refractivity contribution is 5.58. The lowest BCUT2D eigenvalue weighted by atomic mass is 10.1. The molecule has 2 aromatic rings. The van der Waals surface area contributed by atoms with Gasteiger partial charge < -0.3 is 10.3 Å². The van der Waals surface area contributed by atoms with Gasteiger partial charge in [0.2, 0.25) is 0 Å². The maximum absolute atomic E-state index is 4.42. The third-order valence-corrected chi connectivity index (χ3v) is 2.88. The van der Waals surface area contributed by atoms with Gasteiger partial charge in [-0.15, -0.1) is 0 Å². The van der Waals surface area contributed by atoms with Gasteiger partial charge in [-0.25, -0.2) is 4.98 Å². The minimum atomic E-state index is -0.132. The van der Waals surface area contributed by atoms with E-state index in [1.165, 1.54) is 0 Å². The molecule has 0 saturated heterocycles. The zero-order valence-electron chi connectivity index (χ0n) is 9.91. The molecule has 1 aromatic heterocycles. The van der Waals surface area contributed by atoms with Crippen LogP contribution >= 0.6 is 0 Å². The Hall–Kier alpha value is -1.61. The highest BCUT2D eigenvalue weighted by Crippen LogP contribution is 2.21. The van der Waals surface area contributed by atoms with E-state index in [9.17, 15) is 0 Å². The third-order valence-electron chi connectivity index (χ3n) is 2.88. The Morgan fingerprint density at radius 1 is 1.19 bits per heavy atom. The van der Waals surface area contributed by atoms with E-state index in [0.717, 1.165) is 17.1 Å². The molecule has 2 rings (SSSR count). The smallest absolute Gasteiger partial charge is 0.126 e. The molecule has 0 saturated carbocycles. The number of imidazole rings is 1. The maximum atomic E-state index is 4.42. The summed E-state index contributed by atoms with van der Waals surface area (Å²) in [5, 5.41) is 3.23. The van der Waals surface area contributed by atoms with Crippen LogP contribution in [0.3, 0.4) is 0 Å². The van der Waals surface area contributed by atoms with Crippen molar-refractivity contribution in [3.05, 3.63) is 42.4 Å². The van der Waals surface area contributed by atoms with Crippen molar-refractivity contribution in [3.8, 4) is 11.3 Å². The van der Waals surface area contributed by atoms with Gasteiger partial charge in [-0.2, -0.15) is 0 Å². The average molecular weight is 215 g/mol. The van der Waals surface area contributed by atoms with Crippen LogP contribution in [0.2, 0.25) is 0 Å². The zero-order chi connectivity index (χ0) is 11.6. The van der Waals surface area contributed by atoms with Crippen molar-refractivity contribution in [1.29, 1.82) is 0 Å². The molecule has 0 spiro atoms. The predicted octanol–water partition coefficient (Wildman–Crippen LogP) is 2.53. The van der Waals surface area contributed by atoms with Crippen molar-refractivity contribution in [2.45, 2.75) is 19.4 Å². The first-order valence-electron chi connectivity index (χ1n) is 5.43. The van der Waals surface area contributed by atoms with Crippen LogP contribution in [0.4, 0.5) is 0 Å². The van der Waals surface area contributed by atoms with Gasteiger partial charge in [-0.1, -0.05) is 30.3 Å². The Bertz CT molecular complexity index is 457. The first-order chi connectivity index (χ1) is 7.63. The molecule has 1 heterocycles. The SMILES string of the molecule is CNC(C)(C)c1ncc(-c2ccccc2)[nH]1. The van der Waals surface area contributed by atoms with Gasteiger partial charge in [0.05, 0.1) is 17.4 Å². The summed E-state index contributed by atoms with van der Waals surface area (Å²) in [6.45, 7) is 4.20. The minimum absolute atomic E-state index is 0.132. The van der Waals surface area contributed by atoms with Crippen molar-refractivity contribution >= 4 is 0 Å². The number of nitrogens with zero attached hydrogens (tertiary/aromatic N) is 1. The molecular formula is C13H17N3. The van der Waals surface area contributed by atoms with Crippen molar-refractivity contribution in [2.24, 2.45) is 0 Å². The quantitative estimate of drug-likeness (QED) is 0.826. The van der Waals surface area contributed by atoms with E-state index in [2.05, 4.69) is 41.3 Å². The first-order valence-corrected chi connectivity index (χ1v) is 5.43. The summed E-state index contributed by atoms with van der Waals surface area (Å²) in [6.07, 6.45) is 1.88. The minimum Gasteiger partial charge on any atom is -0.340 e. The number of aromatic nitrogens is 2. The van der Waals surface area contributed by atoms with Gasteiger partial charge in [-0.3, -0.25) is 0 Å². The Labute approximate surface area is 95.9 Å². The summed E-state index contributed by atoms with van der Waals surface area (Å²) >= 11 is 0. The summed E-state index contributed by atoms with van der Waals surface area (Å²) in [5.41, 5.74) is 2.08. The van der Waals surface area contributed by atoms with E-state index in [4.69, 9.17) is 0 Å². The fourth-order valence-corrected chi connectivity index (χ4v) is 1.52. The number of hydrogen-bond acceptors (Lipinski definition) is 2. The summed E-state index contributed by atoms with van der Waals surface area (Å²) in [7, 11) is 1.94. The fraction of sp³-hybridized carbons (Fsp3) is 0.308. The third kappa shape index (κ3) is 1.99. The van der Waals surface area contributed by atoms with Crippen molar-refractivity contribution in [1.82, 2.24) is 15.3 Å². The lowest BCUT2D eigenvalue weighted by Gasteiger charge is -2.20. The highest BCUT2D eigenvalue weighted by atomic mass is 15.0. The molecule has 0 bridgehead atoms. The summed E-state index contributed by atoms with van der Waals surface area (Å²) in [6, 6.07) is 10.2. The van der Waals surface area contributed by atoms with Crippen LogP contribution < -0.4 is 5.32 Å². The molecule has 2 N–H and O–H groups in total. The number of benzene rings is 1. The molecule has 0 radical (unpaired) electrons. The standard InChI is InChI=1S/C13H17N3/c1-13(2,14-3)12-15-9-11(16-12)10-7-5-4-6-8-10/h4-9,14H,1-3H3,(H,15,16). The summed E-state index contributed by atoms with van der Waals surface area (Å²) < 4.78 is 0. The molecule has 3 nitrogen and oxygen atoms in total. The van der Waals surface area contributed by atoms with Crippen LogP contribution in [0.15, 0.2) is 36.5 Å². The molecule has 0 aliphatic rings. The number of hydrogen-bond donors (Lipinski definition) is 2. The Balaban J connectivity index is 2.34. The van der Waals surface area contributed by atoms with Gasteiger partial charge in [0.25, 0.3) is 0 Å². The van der Waals surface area contributed by atoms with E-state index in [-0.39, 0.29) is 5.54 Å². The number of rotatable bonds is 3. The van der Waals surface area contributed by atoms with Crippen molar-refractivity contribution in [2.75, 3.05) is 7.05 Å². The molecule has 0 unspecified atom stereocenters. The molecule has 0 fully saturated rings. The van der Waals surface area contributed by atoms with Gasteiger partial charge >= 0.3 is 0 Å². The van der Waals surface area contributed by atoms with Gasteiger partial charge in [0.1, 0.15) is 5.82 Å². The number of aromatic amines is 1. The largest absolute Gasteiger partial charge is 0.340 e. The molecule has 16 heavy (non-hydrogen) atoms. The van der Waals surface area contributed by atoms with Crippen molar-refractivity contribution in [3.63, 3.8) is 0 Å². The molecule has 0 amide bonds. The van der Waals surface area contributed by atoms with Gasteiger partial charge in [0.15, 0.2) is 0 Å². The van der Waals surface area contributed by atoms with Crippen molar-refractivity contribution < 1.29 is 0 Å². The Kier molecular flexibility index (Phi) is 2.79. The molecular weight excluding hydrogens is 198 g/mol. The normalized spacial score (nSPS) is 11.7. The first kappa shape index (κ1) is 10.9. The van der Waals surface area contributed by atoms with Crippen LogP contribution in [0.25, 0.3) is 11.3 Å². The molecule has 84 valence electrons. The number of nitrogens with one attached hydrogen (secondary N) is 2. The molecule has 0 aliphatic carbocycles. The van der Waals surface area contributed by atoms with E-state index in [1.807, 2.05) is 31.4 Å². The van der Waals surface area contributed by atoms with Crippen LogP contribution in [0.5, 0.6) is 0 Å². The van der Waals surface area contributed by atoms with Crippen LogP contribution in [-0.2, 0) is 5.54 Å². The van der Waals surface area contributed by atoms with E-state index < -0.39 is 0 Å². The van der Waals surface area contributed by atoms with Gasteiger partial charge in [0, 0.05) is 0 Å². The second-order valence-electron chi connectivity index (χ2n) is 4.39. The predicted molar refractivity (Wildman–Crippen MR) is 66.1 cm³/mol. The second kappa shape index (κ2) is 4.10. The van der Waals surface area contributed by atoms with Gasteiger partial charge in [-0.05, 0) is 26.5 Å². The fourth-order valence-electron chi connectivity index (χ4n) is 1.52. The zero-order valence-corrected chi connectivity index (χ0v) is 9.91. The van der Waals surface area contributed by atoms with E-state index in [1.54, 1.807) is 0 Å². The molecule has 0 atom stereocenters. The van der Waals surface area contributed by atoms with Crippen LogP contribution in [-0.4, -0.2) is 17.0 Å². The number of H-pyrrole nitrogens is 1. The molecule has 0 aliphatic heterocycles. The van der Waals surface area contributed by atoms with Crippen LogP contribution in [0.1, 0.15) is 19.7 Å². The van der Waals surface area contributed by atoms with E-state index >= 15 is 0 Å². The van der Waals surface area contributed by atoms with Crippen LogP contribution in [0, 0.1) is 0 Å². The average Bonchev–Trinajstić information content (AvgIpc) is 2.80. The monoisotopic (exact) mass is 215 g/mol. The molecule has 3 heteroatoms. The Morgan fingerprint density at radius 3 is 2.50 bits per heavy atom. The lowest BCUT2D eigenvalue weighted by Crippen LogP contribution is -2.34. The molecule has 1 aromatic carbocycles. The van der Waals surface area contributed by atoms with E-state index in [0.29, 0.717) is 0 Å². The summed E-state index contributed by atoms with van der Waals surface area (Å²) in [5.74, 6) is 0.953. The summed E-state index contributed by atoms with van der Waals surface area (Å²) in [4.78, 5) is 7.76. The Morgan fingerprint density at radius 2 is 1.88 bits per heavy atom. The lowest BCUT2D eigenvalue weighted by molar-refractivity contribution is 0.421. The second-order valence-corrected chi connectivity index (χ2v) is 4.39. The maximum Gasteiger partial charge on any atom is 0.126 e.